The summed E-state index contributed by atoms with van der Waals surface area (Å²) in [6, 6.07) is 3.57. The van der Waals surface area contributed by atoms with Gasteiger partial charge in [-0.05, 0) is 25.1 Å². The highest BCUT2D eigenvalue weighted by atomic mass is 19.1. The van der Waals surface area contributed by atoms with Crippen LogP contribution in [0.25, 0.3) is 0 Å². The Hall–Kier alpha value is -1.29. The number of hydrogen-bond acceptors (Lipinski definition) is 3. The van der Waals surface area contributed by atoms with Crippen LogP contribution in [-0.4, -0.2) is 18.3 Å². The molecular weight excluding hydrogens is 173 g/mol. The van der Waals surface area contributed by atoms with Gasteiger partial charge in [0.2, 0.25) is 0 Å². The van der Waals surface area contributed by atoms with Crippen molar-refractivity contribution in [2.75, 3.05) is 13.2 Å². The summed E-state index contributed by atoms with van der Waals surface area (Å²) in [7, 11) is 0. The van der Waals surface area contributed by atoms with E-state index in [1.807, 2.05) is 0 Å². The van der Waals surface area contributed by atoms with E-state index in [9.17, 15) is 9.50 Å². The molecule has 0 fully saturated rings. The number of aromatic hydroxyl groups is 1. The molecule has 0 spiro atoms. The molecule has 4 heteroatoms. The normalized spacial score (nSPS) is 10.0. The summed E-state index contributed by atoms with van der Waals surface area (Å²) in [4.78, 5) is 0. The molecular formula is C9H12FNO2. The molecule has 0 bridgehead atoms. The molecule has 0 atom stereocenters. The van der Waals surface area contributed by atoms with Crippen LogP contribution in [0.4, 0.5) is 4.39 Å². The van der Waals surface area contributed by atoms with Crippen LogP contribution in [0.15, 0.2) is 18.2 Å². The summed E-state index contributed by atoms with van der Waals surface area (Å²) in [6.07, 6.45) is 0.677. The Labute approximate surface area is 75.9 Å². The van der Waals surface area contributed by atoms with E-state index in [-0.39, 0.29) is 11.5 Å². The van der Waals surface area contributed by atoms with Crippen LogP contribution in [0, 0.1) is 5.82 Å². The highest BCUT2D eigenvalue weighted by Gasteiger charge is 2.02. The minimum absolute atomic E-state index is 0.0570. The first-order valence-corrected chi connectivity index (χ1v) is 4.05. The summed E-state index contributed by atoms with van der Waals surface area (Å²) in [5.41, 5.74) is 5.24. The number of nitrogens with two attached hydrogens (primary N) is 1. The van der Waals surface area contributed by atoms with E-state index in [0.29, 0.717) is 19.6 Å². The van der Waals surface area contributed by atoms with Gasteiger partial charge in [-0.25, -0.2) is 4.39 Å². The smallest absolute Gasteiger partial charge is 0.163 e. The van der Waals surface area contributed by atoms with Gasteiger partial charge in [0.1, 0.15) is 5.82 Å². The summed E-state index contributed by atoms with van der Waals surface area (Å²) in [5.74, 6) is -0.326. The number of benzene rings is 1. The Bertz CT molecular complexity index is 278. The number of rotatable bonds is 4. The van der Waals surface area contributed by atoms with Crippen LogP contribution >= 0.6 is 0 Å². The highest BCUT2D eigenvalue weighted by molar-refractivity contribution is 5.38. The molecule has 3 nitrogen and oxygen atoms in total. The van der Waals surface area contributed by atoms with E-state index >= 15 is 0 Å². The second kappa shape index (κ2) is 4.67. The van der Waals surface area contributed by atoms with Crippen LogP contribution in [0.5, 0.6) is 11.5 Å². The van der Waals surface area contributed by atoms with Gasteiger partial charge >= 0.3 is 0 Å². The molecule has 0 aliphatic carbocycles. The minimum Gasteiger partial charge on any atom is -0.504 e. The zero-order valence-corrected chi connectivity index (χ0v) is 7.16. The molecule has 1 aromatic rings. The van der Waals surface area contributed by atoms with Crippen molar-refractivity contribution in [2.24, 2.45) is 5.73 Å². The molecule has 13 heavy (non-hydrogen) atoms. The summed E-state index contributed by atoms with van der Waals surface area (Å²) >= 11 is 0. The largest absolute Gasteiger partial charge is 0.504 e. The summed E-state index contributed by atoms with van der Waals surface area (Å²) < 4.78 is 17.7. The van der Waals surface area contributed by atoms with E-state index in [1.165, 1.54) is 12.1 Å². The fraction of sp³-hybridized carbons (Fsp3) is 0.333. The fourth-order valence-corrected chi connectivity index (χ4v) is 0.869. The lowest BCUT2D eigenvalue weighted by Crippen LogP contribution is -2.06. The van der Waals surface area contributed by atoms with E-state index in [4.69, 9.17) is 10.5 Å². The fourth-order valence-electron chi connectivity index (χ4n) is 0.869. The van der Waals surface area contributed by atoms with Crippen molar-refractivity contribution in [3.05, 3.63) is 24.0 Å². The highest BCUT2D eigenvalue weighted by Crippen LogP contribution is 2.25. The zero-order chi connectivity index (χ0) is 9.68. The lowest BCUT2D eigenvalue weighted by atomic mass is 10.3. The molecule has 72 valence electrons. The summed E-state index contributed by atoms with van der Waals surface area (Å²) in [6.45, 7) is 0.892. The number of halogens is 1. The molecule has 1 rings (SSSR count). The van der Waals surface area contributed by atoms with Crippen molar-refractivity contribution in [1.29, 1.82) is 0 Å². The van der Waals surface area contributed by atoms with Gasteiger partial charge in [0.25, 0.3) is 0 Å². The van der Waals surface area contributed by atoms with Crippen LogP contribution in [0.1, 0.15) is 6.42 Å². The quantitative estimate of drug-likeness (QED) is 0.694. The number of hydrogen-bond donors (Lipinski definition) is 2. The molecule has 0 heterocycles. The molecule has 0 saturated carbocycles. The van der Waals surface area contributed by atoms with Gasteiger partial charge in [-0.1, -0.05) is 0 Å². The average Bonchev–Trinajstić information content (AvgIpc) is 2.11. The first-order chi connectivity index (χ1) is 6.24. The van der Waals surface area contributed by atoms with E-state index < -0.39 is 5.82 Å². The Morgan fingerprint density at radius 3 is 2.92 bits per heavy atom. The second-order valence-corrected chi connectivity index (χ2v) is 2.60. The average molecular weight is 185 g/mol. The topological polar surface area (TPSA) is 55.5 Å². The van der Waals surface area contributed by atoms with Crippen molar-refractivity contribution in [1.82, 2.24) is 0 Å². The van der Waals surface area contributed by atoms with Gasteiger partial charge in [-0.3, -0.25) is 0 Å². The Morgan fingerprint density at radius 1 is 1.46 bits per heavy atom. The van der Waals surface area contributed by atoms with Gasteiger partial charge in [-0.15, -0.1) is 0 Å². The summed E-state index contributed by atoms with van der Waals surface area (Å²) in [5, 5.41) is 9.21. The van der Waals surface area contributed by atoms with Gasteiger partial charge in [0.15, 0.2) is 11.5 Å². The SMILES string of the molecule is NCCCOc1cc(F)ccc1O. The van der Waals surface area contributed by atoms with E-state index in [0.717, 1.165) is 6.07 Å². The molecule has 0 aromatic heterocycles. The van der Waals surface area contributed by atoms with Crippen molar-refractivity contribution in [3.63, 3.8) is 0 Å². The minimum atomic E-state index is -0.430. The maximum Gasteiger partial charge on any atom is 0.163 e. The second-order valence-electron chi connectivity index (χ2n) is 2.60. The third-order valence-electron chi connectivity index (χ3n) is 1.53. The first-order valence-electron chi connectivity index (χ1n) is 4.05. The number of ether oxygens (including phenoxy) is 1. The van der Waals surface area contributed by atoms with Crippen molar-refractivity contribution in [3.8, 4) is 11.5 Å². The predicted molar refractivity (Wildman–Crippen MR) is 47.2 cm³/mol. The molecule has 0 saturated heterocycles. The molecule has 0 radical (unpaired) electrons. The third kappa shape index (κ3) is 2.91. The Morgan fingerprint density at radius 2 is 2.23 bits per heavy atom. The standard InChI is InChI=1S/C9H12FNO2/c10-7-2-3-8(12)9(6-7)13-5-1-4-11/h2-3,6,12H,1,4-5,11H2. The molecule has 3 N–H and O–H groups in total. The molecule has 1 aromatic carbocycles. The van der Waals surface area contributed by atoms with E-state index in [2.05, 4.69) is 0 Å². The molecule has 0 aliphatic heterocycles. The zero-order valence-electron chi connectivity index (χ0n) is 7.16. The lowest BCUT2D eigenvalue weighted by Gasteiger charge is -2.06. The maximum atomic E-state index is 12.6. The van der Waals surface area contributed by atoms with Crippen molar-refractivity contribution >= 4 is 0 Å². The third-order valence-corrected chi connectivity index (χ3v) is 1.53. The van der Waals surface area contributed by atoms with Crippen molar-refractivity contribution in [2.45, 2.75) is 6.42 Å². The van der Waals surface area contributed by atoms with Gasteiger partial charge in [0.05, 0.1) is 6.61 Å². The number of phenolic OH excluding ortho intramolecular Hbond substituents is 1. The maximum absolute atomic E-state index is 12.6. The van der Waals surface area contributed by atoms with Gasteiger partial charge in [0, 0.05) is 6.07 Å². The van der Waals surface area contributed by atoms with Gasteiger partial charge in [-0.2, -0.15) is 0 Å². The van der Waals surface area contributed by atoms with Crippen LogP contribution in [0.3, 0.4) is 0 Å². The van der Waals surface area contributed by atoms with E-state index in [1.54, 1.807) is 0 Å². The molecule has 0 amide bonds. The molecule has 0 unspecified atom stereocenters. The van der Waals surface area contributed by atoms with Gasteiger partial charge < -0.3 is 15.6 Å². The Balaban J connectivity index is 2.59. The van der Waals surface area contributed by atoms with Crippen LogP contribution in [-0.2, 0) is 0 Å². The van der Waals surface area contributed by atoms with Crippen LogP contribution < -0.4 is 10.5 Å². The predicted octanol–water partition coefficient (Wildman–Crippen LogP) is 1.26. The van der Waals surface area contributed by atoms with Crippen molar-refractivity contribution < 1.29 is 14.2 Å². The monoisotopic (exact) mass is 185 g/mol. The Kier molecular flexibility index (Phi) is 3.52. The number of phenols is 1. The molecule has 0 aliphatic rings. The first kappa shape index (κ1) is 9.80. The van der Waals surface area contributed by atoms with Crippen LogP contribution in [0.2, 0.25) is 0 Å². The lowest BCUT2D eigenvalue weighted by molar-refractivity contribution is 0.294.